The average molecular weight is 1150 g/mol. The number of nitrogens with one attached hydrogen (secondary N) is 1. The van der Waals surface area contributed by atoms with Crippen LogP contribution < -0.4 is 5.32 Å². The summed E-state index contributed by atoms with van der Waals surface area (Å²) in [6, 6.07) is -0.868. The zero-order valence-electron chi connectivity index (χ0n) is 53.5. The van der Waals surface area contributed by atoms with Crippen molar-refractivity contribution in [2.24, 2.45) is 0 Å². The van der Waals surface area contributed by atoms with Gasteiger partial charge in [0.1, 0.15) is 19.3 Å². The topological polar surface area (TPSA) is 111 Å². The molecule has 0 fully saturated rings. The third kappa shape index (κ3) is 61.3. The molecule has 0 spiro atoms. The van der Waals surface area contributed by atoms with Crippen LogP contribution in [0.1, 0.15) is 290 Å². The van der Waals surface area contributed by atoms with Crippen molar-refractivity contribution in [2.45, 2.75) is 303 Å². The van der Waals surface area contributed by atoms with Gasteiger partial charge in [-0.1, -0.05) is 272 Å². The number of rotatable bonds is 60. The number of carbonyl (C=O) groups is 2. The third-order valence-electron chi connectivity index (χ3n) is 14.5. The molecule has 3 atom stereocenters. The number of hydrogen-bond acceptors (Lipinski definition) is 6. The maximum Gasteiger partial charge on any atom is 0.472 e. The van der Waals surface area contributed by atoms with E-state index in [-0.39, 0.29) is 31.5 Å². The monoisotopic (exact) mass is 1150 g/mol. The van der Waals surface area contributed by atoms with E-state index in [1.165, 1.54) is 154 Å². The number of ether oxygens (including phenoxy) is 1. The quantitative estimate of drug-likeness (QED) is 0.0156. The molecule has 0 saturated carbocycles. The van der Waals surface area contributed by atoms with E-state index in [9.17, 15) is 19.0 Å². The molecule has 0 rings (SSSR count). The predicted molar refractivity (Wildman–Crippen MR) is 350 cm³/mol. The molecule has 2 N–H and O–H groups in total. The Hall–Kier alpha value is -3.07. The van der Waals surface area contributed by atoms with E-state index < -0.39 is 20.0 Å². The van der Waals surface area contributed by atoms with E-state index in [1.807, 2.05) is 33.3 Å². The standard InChI is InChI=1S/C71H127N2O7P/c1-7-10-13-16-19-22-25-28-30-32-33-34-35-36-37-38-39-40-41-42-44-46-49-52-55-58-61-64-71(75)80-69(62-59-56-53-50-47-27-24-21-18-15-12-9-3)68(67-79-81(76,77)78-66-65-73(4,5)6)72-70(74)63-60-57-54-51-48-45-43-31-29-26-23-20-17-14-11-8-2/h10,13,19,22,28,30-31,33-34,36-37,43,45,48,59,62,68-69H,7-9,11-12,14-18,20-21,23-27,29,32,35,38-42,44,46-47,49-58,60-61,63-67H2,1-6H3,(H-,72,74,76,77)/p+1/b13-10-,22-19-,30-28-,34-33-,37-36-,43-31+,48-45+,62-59-. The van der Waals surface area contributed by atoms with Crippen LogP contribution in [-0.2, 0) is 27.9 Å². The lowest BCUT2D eigenvalue weighted by molar-refractivity contribution is -0.870. The van der Waals surface area contributed by atoms with Crippen LogP contribution in [0.4, 0.5) is 0 Å². The Morgan fingerprint density at radius 2 is 0.827 bits per heavy atom. The Morgan fingerprint density at radius 1 is 0.457 bits per heavy atom. The summed E-state index contributed by atoms with van der Waals surface area (Å²) >= 11 is 0. The first-order valence-corrected chi connectivity index (χ1v) is 35.1. The molecule has 0 heterocycles. The Bertz CT molecular complexity index is 1710. The second kappa shape index (κ2) is 60.1. The number of esters is 1. The highest BCUT2D eigenvalue weighted by atomic mass is 31.2. The predicted octanol–water partition coefficient (Wildman–Crippen LogP) is 21.1. The molecular weight excluding hydrogens is 1020 g/mol. The first kappa shape index (κ1) is 77.9. The van der Waals surface area contributed by atoms with Crippen molar-refractivity contribution in [2.75, 3.05) is 40.9 Å². The van der Waals surface area contributed by atoms with Crippen LogP contribution in [-0.4, -0.2) is 74.3 Å². The largest absolute Gasteiger partial charge is 0.472 e. The number of carbonyl (C=O) groups excluding carboxylic acids is 2. The summed E-state index contributed by atoms with van der Waals surface area (Å²) in [6.07, 6.45) is 81.3. The lowest BCUT2D eigenvalue weighted by Gasteiger charge is -2.27. The molecule has 0 saturated heterocycles. The molecule has 0 aliphatic rings. The van der Waals surface area contributed by atoms with Gasteiger partial charge in [0.25, 0.3) is 0 Å². The van der Waals surface area contributed by atoms with Gasteiger partial charge in [-0.2, -0.15) is 0 Å². The minimum absolute atomic E-state index is 0.0314. The molecule has 0 aromatic rings. The van der Waals surface area contributed by atoms with E-state index in [1.54, 1.807) is 0 Å². The van der Waals surface area contributed by atoms with Crippen molar-refractivity contribution >= 4 is 19.7 Å². The van der Waals surface area contributed by atoms with Crippen molar-refractivity contribution in [3.8, 4) is 0 Å². The molecule has 0 aromatic heterocycles. The molecule has 0 aromatic carbocycles. The minimum atomic E-state index is -4.46. The zero-order valence-corrected chi connectivity index (χ0v) is 54.4. The normalized spacial score (nSPS) is 14.2. The smallest absolute Gasteiger partial charge is 0.456 e. The van der Waals surface area contributed by atoms with Crippen molar-refractivity contribution < 1.29 is 37.3 Å². The molecular formula is C71H128N2O7P+. The van der Waals surface area contributed by atoms with Gasteiger partial charge in [-0.3, -0.25) is 18.6 Å². The van der Waals surface area contributed by atoms with Crippen molar-refractivity contribution in [3.05, 3.63) is 97.2 Å². The number of phosphoric ester groups is 1. The highest BCUT2D eigenvalue weighted by Crippen LogP contribution is 2.43. The van der Waals surface area contributed by atoms with Gasteiger partial charge in [-0.05, 0) is 102 Å². The fourth-order valence-corrected chi connectivity index (χ4v) is 10.1. The second-order valence-electron chi connectivity index (χ2n) is 23.6. The molecule has 0 bridgehead atoms. The zero-order chi connectivity index (χ0) is 59.3. The Balaban J connectivity index is 5.12. The third-order valence-corrected chi connectivity index (χ3v) is 15.5. The maximum absolute atomic E-state index is 13.6. The highest BCUT2D eigenvalue weighted by Gasteiger charge is 2.30. The number of likely N-dealkylation sites (N-methyl/N-ethyl adjacent to an activating group) is 1. The first-order chi connectivity index (χ1) is 39.4. The van der Waals surface area contributed by atoms with Gasteiger partial charge in [0, 0.05) is 12.8 Å². The van der Waals surface area contributed by atoms with Crippen LogP contribution in [0.5, 0.6) is 0 Å². The van der Waals surface area contributed by atoms with E-state index in [2.05, 4.69) is 111 Å². The van der Waals surface area contributed by atoms with Gasteiger partial charge in [-0.25, -0.2) is 4.57 Å². The van der Waals surface area contributed by atoms with Gasteiger partial charge in [0.2, 0.25) is 5.91 Å². The molecule has 0 aliphatic carbocycles. The van der Waals surface area contributed by atoms with Gasteiger partial charge in [0.15, 0.2) is 0 Å². The van der Waals surface area contributed by atoms with Crippen molar-refractivity contribution in [3.63, 3.8) is 0 Å². The number of hydrogen-bond donors (Lipinski definition) is 2. The Labute approximate surface area is 500 Å². The molecule has 10 heteroatoms. The summed E-state index contributed by atoms with van der Waals surface area (Å²) in [5.41, 5.74) is 0. The number of allylic oxidation sites excluding steroid dienone is 15. The fraction of sp³-hybridized carbons (Fsp3) is 0.746. The Kier molecular flexibility index (Phi) is 57.8. The van der Waals surface area contributed by atoms with Gasteiger partial charge < -0.3 is 19.4 Å². The number of amides is 1. The maximum atomic E-state index is 13.6. The average Bonchev–Trinajstić information content (AvgIpc) is 3.44. The second-order valence-corrected chi connectivity index (χ2v) is 25.1. The summed E-state index contributed by atoms with van der Waals surface area (Å²) in [4.78, 5) is 37.8. The SMILES string of the molecule is CC/C=C\C/C=C\C/C=C\C/C=C\C/C=C\CCCCCCCCCCCCCC(=O)OC(/C=C\CCCCCCCCCCCC)C(COP(=O)(O)OCC[N+](C)(C)C)NC(=O)CCCCC/C=C/C=C/CCCCCCCCC. The summed E-state index contributed by atoms with van der Waals surface area (Å²) in [5.74, 6) is -0.538. The number of quaternary nitrogens is 1. The van der Waals surface area contributed by atoms with Crippen LogP contribution in [0, 0.1) is 0 Å². The first-order valence-electron chi connectivity index (χ1n) is 33.6. The number of unbranched alkanes of at least 4 members (excludes halogenated alkanes) is 31. The van der Waals surface area contributed by atoms with Gasteiger partial charge >= 0.3 is 13.8 Å². The summed E-state index contributed by atoms with van der Waals surface area (Å²) < 4.78 is 30.7. The molecule has 1 amide bonds. The fourth-order valence-electron chi connectivity index (χ4n) is 9.37. The van der Waals surface area contributed by atoms with E-state index in [0.29, 0.717) is 23.9 Å². The van der Waals surface area contributed by atoms with Gasteiger partial charge in [-0.15, -0.1) is 0 Å². The summed E-state index contributed by atoms with van der Waals surface area (Å²) in [5, 5.41) is 3.04. The Morgan fingerprint density at radius 3 is 1.27 bits per heavy atom. The van der Waals surface area contributed by atoms with Crippen LogP contribution >= 0.6 is 7.82 Å². The van der Waals surface area contributed by atoms with Crippen molar-refractivity contribution in [1.29, 1.82) is 0 Å². The number of nitrogens with zero attached hydrogens (tertiary/aromatic N) is 1. The van der Waals surface area contributed by atoms with Crippen LogP contribution in [0.3, 0.4) is 0 Å². The van der Waals surface area contributed by atoms with E-state index in [0.717, 1.165) is 96.3 Å². The highest BCUT2D eigenvalue weighted by molar-refractivity contribution is 7.47. The molecule has 9 nitrogen and oxygen atoms in total. The minimum Gasteiger partial charge on any atom is -0.456 e. The van der Waals surface area contributed by atoms with Crippen LogP contribution in [0.25, 0.3) is 0 Å². The van der Waals surface area contributed by atoms with Gasteiger partial charge in [0.05, 0.1) is 33.8 Å². The molecule has 0 radical (unpaired) electrons. The molecule has 468 valence electrons. The van der Waals surface area contributed by atoms with Crippen LogP contribution in [0.15, 0.2) is 97.2 Å². The molecule has 3 unspecified atom stereocenters. The molecule has 0 aliphatic heterocycles. The lowest BCUT2D eigenvalue weighted by Crippen LogP contribution is -2.47. The summed E-state index contributed by atoms with van der Waals surface area (Å²) in [6.45, 7) is 6.88. The number of phosphoric acid groups is 1. The lowest BCUT2D eigenvalue weighted by atomic mass is 10.0. The van der Waals surface area contributed by atoms with Crippen LogP contribution in [0.2, 0.25) is 0 Å². The molecule has 81 heavy (non-hydrogen) atoms. The van der Waals surface area contributed by atoms with E-state index in [4.69, 9.17) is 13.8 Å². The van der Waals surface area contributed by atoms with E-state index >= 15 is 0 Å². The van der Waals surface area contributed by atoms with Crippen molar-refractivity contribution in [1.82, 2.24) is 5.32 Å². The summed E-state index contributed by atoms with van der Waals surface area (Å²) in [7, 11) is 1.47.